The summed E-state index contributed by atoms with van der Waals surface area (Å²) >= 11 is 1.79. The second kappa shape index (κ2) is 12.9. The maximum absolute atomic E-state index is 5.47. The largest absolute Gasteiger partial charge is 0.309 e. The van der Waals surface area contributed by atoms with Gasteiger partial charge in [0.25, 0.3) is 0 Å². The number of aromatic nitrogens is 4. The van der Waals surface area contributed by atoms with Crippen molar-refractivity contribution in [3.05, 3.63) is 194 Å². The van der Waals surface area contributed by atoms with Crippen LogP contribution >= 0.6 is 11.3 Å². The van der Waals surface area contributed by atoms with Crippen LogP contribution in [0.3, 0.4) is 0 Å². The Kier molecular flexibility index (Phi) is 7.14. The summed E-state index contributed by atoms with van der Waals surface area (Å²) in [5.41, 5.74) is 13.5. The molecule has 0 saturated heterocycles. The van der Waals surface area contributed by atoms with Crippen LogP contribution in [0.25, 0.3) is 126 Å². The molecule has 0 aliphatic heterocycles. The van der Waals surface area contributed by atoms with Gasteiger partial charge in [-0.15, -0.1) is 11.3 Å². The molecule has 4 nitrogen and oxygen atoms in total. The van der Waals surface area contributed by atoms with Gasteiger partial charge in [0, 0.05) is 47.6 Å². The van der Waals surface area contributed by atoms with Crippen LogP contribution in [0.5, 0.6) is 0 Å². The zero-order valence-corrected chi connectivity index (χ0v) is 33.0. The van der Waals surface area contributed by atoms with Crippen LogP contribution in [0.15, 0.2) is 194 Å². The number of nitrogens with zero attached hydrogens (tertiary/aromatic N) is 4. The summed E-state index contributed by atoms with van der Waals surface area (Å²) in [4.78, 5) is 16.3. The topological polar surface area (TPSA) is 43.6 Å². The van der Waals surface area contributed by atoms with Gasteiger partial charge >= 0.3 is 0 Å². The highest BCUT2D eigenvalue weighted by molar-refractivity contribution is 7.26. The zero-order chi connectivity index (χ0) is 39.3. The highest BCUT2D eigenvalue weighted by atomic mass is 32.1. The van der Waals surface area contributed by atoms with Crippen molar-refractivity contribution in [1.82, 2.24) is 19.5 Å². The Morgan fingerprint density at radius 2 is 0.750 bits per heavy atom. The van der Waals surface area contributed by atoms with Crippen LogP contribution in [0.2, 0.25) is 0 Å². The maximum atomic E-state index is 5.47. The molecule has 0 saturated carbocycles. The molecule has 1 aliphatic carbocycles. The highest BCUT2D eigenvalue weighted by Crippen LogP contribution is 2.50. The molecular formula is C55H32N4S. The Bertz CT molecular complexity index is 3660. The average Bonchev–Trinajstić information content (AvgIpc) is 3.98. The van der Waals surface area contributed by atoms with Gasteiger partial charge < -0.3 is 4.57 Å². The third-order valence-electron chi connectivity index (χ3n) is 12.3. The molecule has 60 heavy (non-hydrogen) atoms. The quantitative estimate of drug-likeness (QED) is 0.175. The number of fused-ring (bicyclic) bond motifs is 9. The first-order chi connectivity index (χ1) is 29.8. The fraction of sp³-hybridized carbons (Fsp3) is 0. The molecule has 13 rings (SSSR count). The molecule has 3 aromatic heterocycles. The van der Waals surface area contributed by atoms with Crippen molar-refractivity contribution in [3.8, 4) is 73.2 Å². The van der Waals surface area contributed by atoms with E-state index in [9.17, 15) is 0 Å². The lowest BCUT2D eigenvalue weighted by molar-refractivity contribution is 1.07. The molecule has 278 valence electrons. The van der Waals surface area contributed by atoms with Crippen LogP contribution in [0, 0.1) is 0 Å². The van der Waals surface area contributed by atoms with Gasteiger partial charge in [0.2, 0.25) is 0 Å². The SMILES string of the molecule is c1ccc(-c2ccc3c4c(cccc24)-c2ccccc2-3)c(-c2nc(-c3ccccc3-n3c4ccccc4c4ccccc43)nc(-c3cccc4c3sc3ccccc34)n2)c1. The molecule has 12 aromatic rings. The molecule has 0 spiro atoms. The first-order valence-electron chi connectivity index (χ1n) is 20.3. The molecule has 0 unspecified atom stereocenters. The Hall–Kier alpha value is -7.73. The number of para-hydroxylation sites is 3. The standard InChI is InChI=1S/C55H32N4S/c1-2-16-34-33(15-1)40-23-13-24-41-36(31-32-42(34)51(40)41)35-17-3-4-21-44(35)53-56-54(58-55(57-53)46-26-14-25-43-39-20-8-12-30-50(39)60-52(43)46)45-22-7-11-29-49(45)59-47-27-9-5-18-37(47)38-19-6-10-28-48(38)59/h1-32H. The van der Waals surface area contributed by atoms with E-state index in [1.165, 1.54) is 59.3 Å². The summed E-state index contributed by atoms with van der Waals surface area (Å²) in [5, 5.41) is 7.37. The fourth-order valence-electron chi connectivity index (χ4n) is 9.66. The van der Waals surface area contributed by atoms with E-state index in [1.54, 1.807) is 11.3 Å². The van der Waals surface area contributed by atoms with E-state index in [2.05, 4.69) is 199 Å². The molecule has 0 radical (unpaired) electrons. The number of benzene rings is 9. The lowest BCUT2D eigenvalue weighted by Crippen LogP contribution is -2.04. The van der Waals surface area contributed by atoms with Gasteiger partial charge in [-0.25, -0.2) is 15.0 Å². The first kappa shape index (κ1) is 33.3. The van der Waals surface area contributed by atoms with E-state index in [1.807, 2.05) is 0 Å². The maximum Gasteiger partial charge on any atom is 0.166 e. The van der Waals surface area contributed by atoms with E-state index >= 15 is 0 Å². The van der Waals surface area contributed by atoms with E-state index in [0.29, 0.717) is 17.5 Å². The number of hydrogen-bond acceptors (Lipinski definition) is 4. The molecule has 0 bridgehead atoms. The smallest absolute Gasteiger partial charge is 0.166 e. The minimum atomic E-state index is 0.622. The molecule has 0 fully saturated rings. The van der Waals surface area contributed by atoms with Crippen molar-refractivity contribution in [1.29, 1.82) is 0 Å². The molecular weight excluding hydrogens is 749 g/mol. The zero-order valence-electron chi connectivity index (χ0n) is 32.2. The second-order valence-electron chi connectivity index (χ2n) is 15.5. The number of hydrogen-bond donors (Lipinski definition) is 0. The van der Waals surface area contributed by atoms with Crippen LogP contribution in [0.4, 0.5) is 0 Å². The third kappa shape index (κ3) is 4.81. The lowest BCUT2D eigenvalue weighted by atomic mass is 9.91. The minimum absolute atomic E-state index is 0.622. The van der Waals surface area contributed by atoms with Crippen LogP contribution in [-0.4, -0.2) is 19.5 Å². The third-order valence-corrected chi connectivity index (χ3v) is 13.5. The summed E-state index contributed by atoms with van der Waals surface area (Å²) in [6.07, 6.45) is 0. The predicted molar refractivity (Wildman–Crippen MR) is 251 cm³/mol. The van der Waals surface area contributed by atoms with Crippen molar-refractivity contribution in [2.75, 3.05) is 0 Å². The summed E-state index contributed by atoms with van der Waals surface area (Å²) in [7, 11) is 0. The summed E-state index contributed by atoms with van der Waals surface area (Å²) in [5.74, 6) is 1.90. The van der Waals surface area contributed by atoms with E-state index in [4.69, 9.17) is 15.0 Å². The first-order valence-corrected chi connectivity index (χ1v) is 21.1. The molecule has 0 N–H and O–H groups in total. The van der Waals surface area contributed by atoms with Gasteiger partial charge in [-0.3, -0.25) is 0 Å². The fourth-order valence-corrected chi connectivity index (χ4v) is 10.9. The monoisotopic (exact) mass is 780 g/mol. The summed E-state index contributed by atoms with van der Waals surface area (Å²) in [6.45, 7) is 0. The lowest BCUT2D eigenvalue weighted by Gasteiger charge is -2.16. The molecule has 9 aromatic carbocycles. The van der Waals surface area contributed by atoms with E-state index in [0.717, 1.165) is 49.2 Å². The van der Waals surface area contributed by atoms with E-state index in [-0.39, 0.29) is 0 Å². The second-order valence-corrected chi connectivity index (χ2v) is 16.5. The van der Waals surface area contributed by atoms with Gasteiger partial charge in [-0.05, 0) is 80.6 Å². The van der Waals surface area contributed by atoms with Gasteiger partial charge in [0.05, 0.1) is 16.7 Å². The number of rotatable bonds is 5. The molecule has 3 heterocycles. The summed E-state index contributed by atoms with van der Waals surface area (Å²) < 4.78 is 4.76. The summed E-state index contributed by atoms with van der Waals surface area (Å²) in [6, 6.07) is 69.5. The number of thiophene rings is 1. The van der Waals surface area contributed by atoms with Crippen molar-refractivity contribution < 1.29 is 0 Å². The normalized spacial score (nSPS) is 12.0. The molecule has 0 amide bonds. The average molecular weight is 781 g/mol. The molecule has 1 aliphatic rings. The van der Waals surface area contributed by atoms with Crippen molar-refractivity contribution in [3.63, 3.8) is 0 Å². The Morgan fingerprint density at radius 1 is 0.300 bits per heavy atom. The van der Waals surface area contributed by atoms with E-state index < -0.39 is 0 Å². The van der Waals surface area contributed by atoms with Gasteiger partial charge in [0.15, 0.2) is 17.5 Å². The predicted octanol–water partition coefficient (Wildman–Crippen LogP) is 14.8. The van der Waals surface area contributed by atoms with Gasteiger partial charge in [-0.1, -0.05) is 158 Å². The van der Waals surface area contributed by atoms with Crippen molar-refractivity contribution in [2.45, 2.75) is 0 Å². The Morgan fingerprint density at radius 3 is 1.47 bits per heavy atom. The van der Waals surface area contributed by atoms with Gasteiger partial charge in [-0.2, -0.15) is 0 Å². The molecule has 5 heteroatoms. The van der Waals surface area contributed by atoms with Crippen molar-refractivity contribution >= 4 is 64.1 Å². The Labute approximate surface area is 349 Å². The Balaban J connectivity index is 1.08. The highest BCUT2D eigenvalue weighted by Gasteiger charge is 2.25. The van der Waals surface area contributed by atoms with Crippen molar-refractivity contribution in [2.24, 2.45) is 0 Å². The van der Waals surface area contributed by atoms with Crippen LogP contribution in [0.1, 0.15) is 0 Å². The van der Waals surface area contributed by atoms with Crippen LogP contribution < -0.4 is 0 Å². The van der Waals surface area contributed by atoms with Gasteiger partial charge in [0.1, 0.15) is 0 Å². The van der Waals surface area contributed by atoms with Crippen LogP contribution in [-0.2, 0) is 0 Å². The molecule has 0 atom stereocenters. The minimum Gasteiger partial charge on any atom is -0.309 e.